The number of fused-ring (bicyclic) bond motifs is 2. The van der Waals surface area contributed by atoms with Crippen LogP contribution < -0.4 is 10.2 Å². The summed E-state index contributed by atoms with van der Waals surface area (Å²) < 4.78 is 52.0. The maximum atomic E-state index is 12.9. The number of benzene rings is 2. The Labute approximate surface area is 185 Å². The van der Waals surface area contributed by atoms with Crippen molar-refractivity contribution in [2.75, 3.05) is 6.61 Å². The highest BCUT2D eigenvalue weighted by Crippen LogP contribution is 2.30. The van der Waals surface area contributed by atoms with Crippen molar-refractivity contribution in [2.24, 2.45) is 0 Å². The van der Waals surface area contributed by atoms with Crippen molar-refractivity contribution in [3.63, 3.8) is 0 Å². The van der Waals surface area contributed by atoms with E-state index in [1.165, 1.54) is 12.1 Å². The Morgan fingerprint density at radius 3 is 2.73 bits per heavy atom. The summed E-state index contributed by atoms with van der Waals surface area (Å²) in [6, 6.07) is 17.0. The smallest absolute Gasteiger partial charge is 0.416 e. The molecule has 3 aromatic heterocycles. The van der Waals surface area contributed by atoms with Gasteiger partial charge < -0.3 is 13.6 Å². The Morgan fingerprint density at radius 2 is 1.88 bits per heavy atom. The van der Waals surface area contributed by atoms with Crippen LogP contribution in [0, 0.1) is 0 Å². The fourth-order valence-electron chi connectivity index (χ4n) is 3.61. The van der Waals surface area contributed by atoms with Gasteiger partial charge >= 0.3 is 6.18 Å². The summed E-state index contributed by atoms with van der Waals surface area (Å²) in [5, 5.41) is 0.346. The lowest BCUT2D eigenvalue weighted by atomic mass is 10.1. The Balaban J connectivity index is 1.34. The number of nitrogens with zero attached hydrogens (tertiary/aromatic N) is 2. The quantitative estimate of drug-likeness (QED) is 0.342. The van der Waals surface area contributed by atoms with Crippen molar-refractivity contribution in [1.29, 1.82) is 0 Å². The molecular weight excluding hydrogens is 433 g/mol. The molecule has 8 heteroatoms. The van der Waals surface area contributed by atoms with Gasteiger partial charge in [0.05, 0.1) is 23.9 Å². The molecule has 3 heterocycles. The molecule has 33 heavy (non-hydrogen) atoms. The molecule has 0 radical (unpaired) electrons. The van der Waals surface area contributed by atoms with E-state index in [0.717, 1.165) is 17.6 Å². The van der Waals surface area contributed by atoms with E-state index >= 15 is 0 Å². The summed E-state index contributed by atoms with van der Waals surface area (Å²) in [4.78, 5) is 17.1. The van der Waals surface area contributed by atoms with Crippen LogP contribution in [-0.2, 0) is 12.6 Å². The lowest BCUT2D eigenvalue weighted by Crippen LogP contribution is -2.07. The molecule has 0 N–H and O–H groups in total. The highest BCUT2D eigenvalue weighted by atomic mass is 19.4. The van der Waals surface area contributed by atoms with Gasteiger partial charge in [-0.05, 0) is 48.0 Å². The summed E-state index contributed by atoms with van der Waals surface area (Å²) in [7, 11) is 0. The number of ether oxygens (including phenoxy) is 1. The van der Waals surface area contributed by atoms with Crippen LogP contribution in [0.4, 0.5) is 13.2 Å². The number of alkyl halides is 3. The average Bonchev–Trinajstić information content (AvgIpc) is 3.27. The first kappa shape index (κ1) is 20.8. The van der Waals surface area contributed by atoms with Gasteiger partial charge in [0, 0.05) is 24.2 Å². The van der Waals surface area contributed by atoms with E-state index in [2.05, 4.69) is 4.98 Å². The Kier molecular flexibility index (Phi) is 5.12. The summed E-state index contributed by atoms with van der Waals surface area (Å²) in [5.74, 6) is 0.789. The molecule has 0 unspecified atom stereocenters. The third-order valence-electron chi connectivity index (χ3n) is 5.28. The minimum atomic E-state index is -4.38. The molecule has 0 aliphatic heterocycles. The van der Waals surface area contributed by atoms with Crippen LogP contribution in [0.3, 0.4) is 0 Å². The van der Waals surface area contributed by atoms with Gasteiger partial charge in [-0.25, -0.2) is 4.98 Å². The number of rotatable bonds is 5. The number of halogens is 3. The highest BCUT2D eigenvalue weighted by molar-refractivity contribution is 5.80. The van der Waals surface area contributed by atoms with Gasteiger partial charge in [-0.2, -0.15) is 13.2 Å². The Bertz CT molecular complexity index is 1520. The Hall–Kier alpha value is -4.07. The van der Waals surface area contributed by atoms with E-state index in [-0.39, 0.29) is 12.0 Å². The van der Waals surface area contributed by atoms with E-state index in [1.54, 1.807) is 30.6 Å². The normalized spacial score (nSPS) is 11.8. The second kappa shape index (κ2) is 8.12. The molecule has 0 saturated heterocycles. The SMILES string of the molecule is O=c1cc(-c2cc3cccn3cn2)oc2ccc(OCCc3cccc(C(F)(F)F)c3)cc12. The molecule has 0 spiro atoms. The molecule has 0 saturated carbocycles. The molecular formula is C25H17F3N2O3. The first-order valence-electron chi connectivity index (χ1n) is 10.2. The average molecular weight is 450 g/mol. The van der Waals surface area contributed by atoms with Gasteiger partial charge in [0.15, 0.2) is 11.2 Å². The molecule has 5 aromatic rings. The zero-order valence-corrected chi connectivity index (χ0v) is 17.2. The summed E-state index contributed by atoms with van der Waals surface area (Å²) in [6.07, 6.45) is -0.567. The maximum absolute atomic E-state index is 12.9. The van der Waals surface area contributed by atoms with E-state index in [4.69, 9.17) is 9.15 Å². The fraction of sp³-hybridized carbons (Fsp3) is 0.120. The van der Waals surface area contributed by atoms with Gasteiger partial charge in [0.1, 0.15) is 17.0 Å². The maximum Gasteiger partial charge on any atom is 0.416 e. The molecule has 5 nitrogen and oxygen atoms in total. The first-order chi connectivity index (χ1) is 15.9. The lowest BCUT2D eigenvalue weighted by molar-refractivity contribution is -0.137. The molecule has 166 valence electrons. The number of hydrogen-bond donors (Lipinski definition) is 0. The van der Waals surface area contributed by atoms with Crippen LogP contribution in [0.25, 0.3) is 27.9 Å². The molecule has 0 aliphatic rings. The summed E-state index contributed by atoms with van der Waals surface area (Å²) in [5.41, 5.74) is 1.44. The van der Waals surface area contributed by atoms with Crippen molar-refractivity contribution in [3.05, 3.63) is 101 Å². The van der Waals surface area contributed by atoms with Gasteiger partial charge in [0.2, 0.25) is 0 Å². The van der Waals surface area contributed by atoms with Crippen molar-refractivity contribution in [1.82, 2.24) is 9.38 Å². The predicted octanol–water partition coefficient (Wildman–Crippen LogP) is 5.75. The molecule has 0 amide bonds. The van der Waals surface area contributed by atoms with Crippen LogP contribution in [0.2, 0.25) is 0 Å². The van der Waals surface area contributed by atoms with Crippen molar-refractivity contribution in [2.45, 2.75) is 12.6 Å². The van der Waals surface area contributed by atoms with Gasteiger partial charge in [0.25, 0.3) is 0 Å². The second-order valence-electron chi connectivity index (χ2n) is 7.54. The van der Waals surface area contributed by atoms with Crippen LogP contribution in [0.15, 0.2) is 88.5 Å². The van der Waals surface area contributed by atoms with Crippen molar-refractivity contribution >= 4 is 16.5 Å². The summed E-state index contributed by atoms with van der Waals surface area (Å²) >= 11 is 0. The van der Waals surface area contributed by atoms with Crippen LogP contribution in [0.5, 0.6) is 5.75 Å². The molecule has 0 atom stereocenters. The zero-order chi connectivity index (χ0) is 23.0. The van der Waals surface area contributed by atoms with Crippen LogP contribution >= 0.6 is 0 Å². The van der Waals surface area contributed by atoms with Gasteiger partial charge in [-0.15, -0.1) is 0 Å². The minimum Gasteiger partial charge on any atom is -0.493 e. The van der Waals surface area contributed by atoms with E-state index in [0.29, 0.717) is 40.2 Å². The van der Waals surface area contributed by atoms with Crippen LogP contribution in [0.1, 0.15) is 11.1 Å². The van der Waals surface area contributed by atoms with E-state index < -0.39 is 11.7 Å². The molecule has 5 rings (SSSR count). The molecule has 2 aromatic carbocycles. The fourth-order valence-corrected chi connectivity index (χ4v) is 3.61. The van der Waals surface area contributed by atoms with Crippen LogP contribution in [-0.4, -0.2) is 16.0 Å². The number of hydrogen-bond acceptors (Lipinski definition) is 4. The second-order valence-corrected chi connectivity index (χ2v) is 7.54. The van der Waals surface area contributed by atoms with Crippen molar-refractivity contribution in [3.8, 4) is 17.2 Å². The molecule has 0 bridgehead atoms. The molecule has 0 fully saturated rings. The first-order valence-corrected chi connectivity index (χ1v) is 10.2. The standard InChI is InChI=1S/C25H17F3N2O3/c26-25(27,28)17-4-1-3-16(11-17)8-10-32-19-6-7-23-20(13-19)22(31)14-24(33-23)21-12-18-5-2-9-30(18)15-29-21/h1-7,9,11-15H,8,10H2. The topological polar surface area (TPSA) is 56.7 Å². The van der Waals surface area contributed by atoms with Gasteiger partial charge in [-0.3, -0.25) is 4.79 Å². The predicted molar refractivity (Wildman–Crippen MR) is 117 cm³/mol. The minimum absolute atomic E-state index is 0.164. The van der Waals surface area contributed by atoms with E-state index in [1.807, 2.05) is 28.8 Å². The zero-order valence-electron chi connectivity index (χ0n) is 17.2. The highest BCUT2D eigenvalue weighted by Gasteiger charge is 2.30. The summed E-state index contributed by atoms with van der Waals surface area (Å²) in [6.45, 7) is 0.164. The van der Waals surface area contributed by atoms with Crippen molar-refractivity contribution < 1.29 is 22.3 Å². The largest absolute Gasteiger partial charge is 0.493 e. The lowest BCUT2D eigenvalue weighted by Gasteiger charge is -2.10. The Morgan fingerprint density at radius 1 is 1.00 bits per heavy atom. The molecule has 0 aliphatic carbocycles. The third-order valence-corrected chi connectivity index (χ3v) is 5.28. The monoisotopic (exact) mass is 450 g/mol. The third kappa shape index (κ3) is 4.32. The van der Waals surface area contributed by atoms with E-state index in [9.17, 15) is 18.0 Å². The van der Waals surface area contributed by atoms with Gasteiger partial charge in [-0.1, -0.05) is 18.2 Å². The number of aromatic nitrogens is 2.